The van der Waals surface area contributed by atoms with E-state index in [0.717, 1.165) is 32.1 Å². The van der Waals surface area contributed by atoms with E-state index < -0.39 is 20.0 Å². The van der Waals surface area contributed by atoms with E-state index in [-0.39, 0.29) is 19.1 Å². The first-order valence-electron chi connectivity index (χ1n) is 23.4. The van der Waals surface area contributed by atoms with E-state index in [1.54, 1.807) is 0 Å². The van der Waals surface area contributed by atoms with Crippen molar-refractivity contribution >= 4 is 13.7 Å². The van der Waals surface area contributed by atoms with Gasteiger partial charge in [-0.05, 0) is 12.8 Å². The van der Waals surface area contributed by atoms with Crippen LogP contribution in [0.3, 0.4) is 0 Å². The lowest BCUT2D eigenvalue weighted by molar-refractivity contribution is -0.870. The number of aliphatic hydroxyl groups excluding tert-OH is 1. The van der Waals surface area contributed by atoms with Gasteiger partial charge in [0.25, 0.3) is 7.82 Å². The highest BCUT2D eigenvalue weighted by Gasteiger charge is 2.24. The zero-order valence-electron chi connectivity index (χ0n) is 36.7. The number of hydrogen-bond acceptors (Lipinski definition) is 6. The molecule has 0 aromatic rings. The van der Waals surface area contributed by atoms with Crippen LogP contribution in [0.25, 0.3) is 0 Å². The highest BCUT2D eigenvalue weighted by atomic mass is 31.2. The van der Waals surface area contributed by atoms with Gasteiger partial charge in [-0.2, -0.15) is 0 Å². The molecular weight excluding hydrogens is 695 g/mol. The lowest BCUT2D eigenvalue weighted by Crippen LogP contribution is -2.46. The molecule has 54 heavy (non-hydrogen) atoms. The molecule has 0 spiro atoms. The Bertz CT molecular complexity index is 855. The Labute approximate surface area is 336 Å². The predicted molar refractivity (Wildman–Crippen MR) is 229 cm³/mol. The van der Waals surface area contributed by atoms with Gasteiger partial charge in [-0.1, -0.05) is 213 Å². The van der Waals surface area contributed by atoms with Gasteiger partial charge < -0.3 is 28.8 Å². The number of nitrogens with one attached hydrogen (secondary N) is 1. The van der Waals surface area contributed by atoms with Crippen molar-refractivity contribution in [2.24, 2.45) is 0 Å². The molecule has 0 aromatic carbocycles. The molecule has 0 rings (SSSR count). The lowest BCUT2D eigenvalue weighted by atomic mass is 10.0. The Balaban J connectivity index is 3.70. The van der Waals surface area contributed by atoms with Crippen LogP contribution in [0, 0.1) is 0 Å². The maximum absolute atomic E-state index is 12.4. The number of amides is 1. The molecule has 8 nitrogen and oxygen atoms in total. The van der Waals surface area contributed by atoms with Crippen molar-refractivity contribution in [3.8, 4) is 0 Å². The number of carbonyl (C=O) groups is 1. The Morgan fingerprint density at radius 3 is 1.24 bits per heavy atom. The third-order valence-electron chi connectivity index (χ3n) is 10.8. The molecule has 0 heterocycles. The van der Waals surface area contributed by atoms with Crippen LogP contribution in [-0.4, -0.2) is 68.5 Å². The second kappa shape index (κ2) is 38.0. The molecule has 3 unspecified atom stereocenters. The Morgan fingerprint density at radius 1 is 0.574 bits per heavy atom. The van der Waals surface area contributed by atoms with Gasteiger partial charge in [0.05, 0.1) is 39.9 Å². The van der Waals surface area contributed by atoms with E-state index in [9.17, 15) is 19.4 Å². The van der Waals surface area contributed by atoms with Crippen LogP contribution in [0.15, 0.2) is 0 Å². The van der Waals surface area contributed by atoms with Crippen molar-refractivity contribution in [3.05, 3.63) is 0 Å². The number of nitrogens with zero attached hydrogens (tertiary/aromatic N) is 1. The number of carbonyl (C=O) groups excluding carboxylic acids is 1. The van der Waals surface area contributed by atoms with E-state index in [1.165, 1.54) is 173 Å². The molecule has 0 aliphatic heterocycles. The van der Waals surface area contributed by atoms with Crippen LogP contribution in [0.2, 0.25) is 0 Å². The first kappa shape index (κ1) is 53.5. The highest BCUT2D eigenvalue weighted by Crippen LogP contribution is 2.38. The van der Waals surface area contributed by atoms with Crippen molar-refractivity contribution in [2.75, 3.05) is 40.9 Å². The lowest BCUT2D eigenvalue weighted by Gasteiger charge is -2.30. The number of phosphoric ester groups is 1. The number of aliphatic hydroxyl groups is 1. The zero-order chi connectivity index (χ0) is 40.0. The van der Waals surface area contributed by atoms with E-state index in [0.29, 0.717) is 23.9 Å². The minimum atomic E-state index is -4.53. The molecule has 0 fully saturated rings. The topological polar surface area (TPSA) is 108 Å². The quantitative estimate of drug-likeness (QED) is 0.0362. The molecule has 0 aliphatic rings. The summed E-state index contributed by atoms with van der Waals surface area (Å²) in [5.41, 5.74) is 0. The van der Waals surface area contributed by atoms with Gasteiger partial charge in [-0.3, -0.25) is 9.36 Å². The fourth-order valence-electron chi connectivity index (χ4n) is 7.08. The first-order valence-corrected chi connectivity index (χ1v) is 24.8. The molecule has 324 valence electrons. The molecule has 0 saturated heterocycles. The molecular formula is C45H93N2O6P. The van der Waals surface area contributed by atoms with Gasteiger partial charge in [-0.25, -0.2) is 0 Å². The van der Waals surface area contributed by atoms with E-state index >= 15 is 0 Å². The Kier molecular flexibility index (Phi) is 37.7. The van der Waals surface area contributed by atoms with E-state index in [4.69, 9.17) is 9.05 Å². The van der Waals surface area contributed by atoms with Gasteiger partial charge in [0, 0.05) is 6.42 Å². The first-order chi connectivity index (χ1) is 26.0. The number of hydrogen-bond donors (Lipinski definition) is 2. The molecule has 9 heteroatoms. The van der Waals surface area contributed by atoms with Gasteiger partial charge in [0.1, 0.15) is 13.2 Å². The Morgan fingerprint density at radius 2 is 0.907 bits per heavy atom. The standard InChI is InChI=1S/C45H93N2O6P/c1-6-8-10-11-12-13-14-15-16-17-18-19-20-21-22-23-24-25-26-27-28-29-30-31-32-33-34-35-36-37-38-44(48)43(46-45(49)39-9-7-2)42-53-54(50,51)52-41-40-47(3,4)5/h43-44,48H,6-42H2,1-5H3,(H-,46,49,50,51). The van der Waals surface area contributed by atoms with Gasteiger partial charge in [0.2, 0.25) is 5.91 Å². The second-order valence-electron chi connectivity index (χ2n) is 17.5. The van der Waals surface area contributed by atoms with Crippen LogP contribution in [0.1, 0.15) is 232 Å². The monoisotopic (exact) mass is 789 g/mol. The van der Waals surface area contributed by atoms with Crippen molar-refractivity contribution in [1.29, 1.82) is 0 Å². The summed E-state index contributed by atoms with van der Waals surface area (Å²) >= 11 is 0. The molecule has 3 atom stereocenters. The average Bonchev–Trinajstić information content (AvgIpc) is 3.12. The molecule has 0 saturated carbocycles. The summed E-state index contributed by atoms with van der Waals surface area (Å²) in [6.07, 6.45) is 42.6. The van der Waals surface area contributed by atoms with Crippen LogP contribution in [-0.2, 0) is 18.4 Å². The largest absolute Gasteiger partial charge is 0.756 e. The molecule has 1 amide bonds. The number of rotatable bonds is 43. The third kappa shape index (κ3) is 39.7. The molecule has 0 bridgehead atoms. The summed E-state index contributed by atoms with van der Waals surface area (Å²) in [6.45, 7) is 4.50. The zero-order valence-corrected chi connectivity index (χ0v) is 37.6. The van der Waals surface area contributed by atoms with Crippen molar-refractivity contribution < 1.29 is 32.9 Å². The molecule has 0 aromatic heterocycles. The predicted octanol–water partition coefficient (Wildman–Crippen LogP) is 12.3. The highest BCUT2D eigenvalue weighted by molar-refractivity contribution is 7.45. The maximum Gasteiger partial charge on any atom is 0.268 e. The number of unbranched alkanes of at least 4 members (excludes halogenated alkanes) is 30. The Hall–Kier alpha value is -0.500. The van der Waals surface area contributed by atoms with Gasteiger partial charge in [-0.15, -0.1) is 0 Å². The number of phosphoric acid groups is 1. The summed E-state index contributed by atoms with van der Waals surface area (Å²) < 4.78 is 22.9. The average molecular weight is 789 g/mol. The van der Waals surface area contributed by atoms with Crippen LogP contribution in [0.5, 0.6) is 0 Å². The SMILES string of the molecule is CCCCCCCCCCCCCCCCCCCCCCCCCCCCCCCCC(O)C(COP(=O)([O-])OCC[N+](C)(C)C)NC(=O)CCCC. The summed E-state index contributed by atoms with van der Waals surface area (Å²) in [5.74, 6) is -0.197. The number of likely N-dealkylation sites (N-methyl/N-ethyl adjacent to an activating group) is 1. The summed E-state index contributed by atoms with van der Waals surface area (Å²) in [4.78, 5) is 24.7. The van der Waals surface area contributed by atoms with Crippen molar-refractivity contribution in [1.82, 2.24) is 5.32 Å². The summed E-state index contributed by atoms with van der Waals surface area (Å²) in [6, 6.07) is -0.790. The van der Waals surface area contributed by atoms with Crippen molar-refractivity contribution in [3.63, 3.8) is 0 Å². The smallest absolute Gasteiger partial charge is 0.268 e. The molecule has 0 radical (unpaired) electrons. The fraction of sp³-hybridized carbons (Fsp3) is 0.978. The second-order valence-corrected chi connectivity index (χ2v) is 18.9. The third-order valence-corrected chi connectivity index (χ3v) is 11.8. The van der Waals surface area contributed by atoms with Crippen molar-refractivity contribution in [2.45, 2.75) is 244 Å². The fourth-order valence-corrected chi connectivity index (χ4v) is 7.80. The summed E-state index contributed by atoms with van der Waals surface area (Å²) in [7, 11) is 1.31. The minimum absolute atomic E-state index is 0.0139. The number of quaternary nitrogens is 1. The van der Waals surface area contributed by atoms with Crippen LogP contribution in [0.4, 0.5) is 0 Å². The molecule has 0 aliphatic carbocycles. The summed E-state index contributed by atoms with van der Waals surface area (Å²) in [5, 5.41) is 13.6. The van der Waals surface area contributed by atoms with E-state index in [1.807, 2.05) is 28.1 Å². The minimum Gasteiger partial charge on any atom is -0.756 e. The maximum atomic E-state index is 12.4. The van der Waals surface area contributed by atoms with Gasteiger partial charge in [0.15, 0.2) is 0 Å². The van der Waals surface area contributed by atoms with Gasteiger partial charge >= 0.3 is 0 Å². The molecule has 2 N–H and O–H groups in total. The normalized spacial score (nSPS) is 14.3. The van der Waals surface area contributed by atoms with Crippen LogP contribution >= 0.6 is 7.82 Å². The van der Waals surface area contributed by atoms with Crippen LogP contribution < -0.4 is 10.2 Å². The van der Waals surface area contributed by atoms with E-state index in [2.05, 4.69) is 12.2 Å².